The van der Waals surface area contributed by atoms with Crippen molar-refractivity contribution >= 4 is 5.91 Å². The zero-order valence-corrected chi connectivity index (χ0v) is 10.9. The van der Waals surface area contributed by atoms with Gasteiger partial charge in [0, 0.05) is 26.2 Å². The first-order valence-corrected chi connectivity index (χ1v) is 6.95. The number of carbonyl (C=O) groups excluding carboxylic acids is 1. The van der Waals surface area contributed by atoms with Crippen LogP contribution >= 0.6 is 0 Å². The molecule has 1 aliphatic carbocycles. The van der Waals surface area contributed by atoms with Crippen molar-refractivity contribution in [1.82, 2.24) is 9.80 Å². The van der Waals surface area contributed by atoms with Crippen LogP contribution in [0.25, 0.3) is 0 Å². The molecular weight excluding hydrogens is 214 g/mol. The zero-order chi connectivity index (χ0) is 12.3. The van der Waals surface area contributed by atoms with Gasteiger partial charge in [-0.05, 0) is 25.8 Å². The molecule has 1 amide bonds. The van der Waals surface area contributed by atoms with E-state index in [0.717, 1.165) is 19.5 Å². The average Bonchev–Trinajstić information content (AvgIpc) is 2.36. The second-order valence-corrected chi connectivity index (χ2v) is 5.38. The van der Waals surface area contributed by atoms with Gasteiger partial charge in [0.2, 0.25) is 5.91 Å². The molecule has 4 nitrogen and oxygen atoms in total. The molecule has 0 aromatic rings. The minimum atomic E-state index is 0.0434. The number of carbonyl (C=O) groups is 1. The van der Waals surface area contributed by atoms with E-state index in [1.807, 2.05) is 11.9 Å². The maximum atomic E-state index is 12.2. The Morgan fingerprint density at radius 1 is 1.24 bits per heavy atom. The minimum absolute atomic E-state index is 0.0434. The number of hydrogen-bond acceptors (Lipinski definition) is 3. The van der Waals surface area contributed by atoms with Gasteiger partial charge in [-0.25, -0.2) is 0 Å². The first-order valence-electron chi connectivity index (χ1n) is 6.95. The predicted octanol–water partition coefficient (Wildman–Crippen LogP) is 0.811. The van der Waals surface area contributed by atoms with Gasteiger partial charge in [0.25, 0.3) is 0 Å². The van der Waals surface area contributed by atoms with Crippen LogP contribution in [0.15, 0.2) is 0 Å². The lowest BCUT2D eigenvalue weighted by molar-refractivity contribution is -0.142. The fourth-order valence-corrected chi connectivity index (χ4v) is 3.22. The topological polar surface area (TPSA) is 49.6 Å². The molecule has 2 rings (SSSR count). The smallest absolute Gasteiger partial charge is 0.239 e. The van der Waals surface area contributed by atoms with Crippen LogP contribution in [0.1, 0.15) is 38.5 Å². The van der Waals surface area contributed by atoms with E-state index in [2.05, 4.69) is 4.90 Å². The Bertz CT molecular complexity index is 263. The first-order chi connectivity index (χ1) is 8.24. The summed E-state index contributed by atoms with van der Waals surface area (Å²) in [6, 6.07) is 0.666. The van der Waals surface area contributed by atoms with Crippen molar-refractivity contribution in [3.63, 3.8) is 0 Å². The number of nitrogens with zero attached hydrogens (tertiary/aromatic N) is 2. The lowest BCUT2D eigenvalue weighted by atomic mass is 9.91. The van der Waals surface area contributed by atoms with Crippen molar-refractivity contribution in [2.75, 3.05) is 26.7 Å². The van der Waals surface area contributed by atoms with E-state index in [1.54, 1.807) is 0 Å². The van der Waals surface area contributed by atoms with Crippen LogP contribution in [0, 0.1) is 0 Å². The van der Waals surface area contributed by atoms with Crippen molar-refractivity contribution in [2.24, 2.45) is 5.73 Å². The van der Waals surface area contributed by atoms with Gasteiger partial charge in [-0.3, -0.25) is 9.69 Å². The van der Waals surface area contributed by atoms with Gasteiger partial charge >= 0.3 is 0 Å². The van der Waals surface area contributed by atoms with Gasteiger partial charge in [0.05, 0.1) is 6.04 Å². The molecule has 2 aliphatic rings. The lowest BCUT2D eigenvalue weighted by Crippen LogP contribution is -2.59. The van der Waals surface area contributed by atoms with E-state index in [-0.39, 0.29) is 11.9 Å². The standard InChI is InChI=1S/C13H25N3O/c1-15-9-10-16(11-5-3-2-4-6-11)12(7-8-14)13(15)17/h11-12H,2-10,14H2,1H3. The highest BCUT2D eigenvalue weighted by molar-refractivity contribution is 5.82. The summed E-state index contributed by atoms with van der Waals surface area (Å²) in [7, 11) is 1.91. The second kappa shape index (κ2) is 5.83. The number of piperazine rings is 1. The Labute approximate surface area is 104 Å². The summed E-state index contributed by atoms with van der Waals surface area (Å²) in [5.41, 5.74) is 5.66. The maximum Gasteiger partial charge on any atom is 0.239 e. The molecule has 0 spiro atoms. The van der Waals surface area contributed by atoms with E-state index < -0.39 is 0 Å². The number of amides is 1. The van der Waals surface area contributed by atoms with Crippen molar-refractivity contribution < 1.29 is 4.79 Å². The molecule has 4 heteroatoms. The molecule has 1 saturated carbocycles. The Hall–Kier alpha value is -0.610. The summed E-state index contributed by atoms with van der Waals surface area (Å²) >= 11 is 0. The van der Waals surface area contributed by atoms with Crippen LogP contribution in [0.4, 0.5) is 0 Å². The summed E-state index contributed by atoms with van der Waals surface area (Å²) in [6.45, 7) is 2.50. The maximum absolute atomic E-state index is 12.2. The molecule has 0 bridgehead atoms. The quantitative estimate of drug-likeness (QED) is 0.793. The van der Waals surface area contributed by atoms with E-state index in [4.69, 9.17) is 5.73 Å². The molecule has 0 aromatic carbocycles. The fraction of sp³-hybridized carbons (Fsp3) is 0.923. The SMILES string of the molecule is CN1CCN(C2CCCCC2)C(CCN)C1=O. The summed E-state index contributed by atoms with van der Waals surface area (Å²) < 4.78 is 0. The van der Waals surface area contributed by atoms with Crippen molar-refractivity contribution in [3.05, 3.63) is 0 Å². The lowest BCUT2D eigenvalue weighted by Gasteiger charge is -2.44. The highest BCUT2D eigenvalue weighted by atomic mass is 16.2. The molecule has 1 heterocycles. The molecule has 1 aliphatic heterocycles. The number of likely N-dealkylation sites (N-methyl/N-ethyl adjacent to an activating group) is 1. The van der Waals surface area contributed by atoms with Crippen LogP contribution in [0.2, 0.25) is 0 Å². The molecule has 1 unspecified atom stereocenters. The van der Waals surface area contributed by atoms with Gasteiger partial charge < -0.3 is 10.6 Å². The highest BCUT2D eigenvalue weighted by Gasteiger charge is 2.36. The van der Waals surface area contributed by atoms with E-state index in [1.165, 1.54) is 32.1 Å². The summed E-state index contributed by atoms with van der Waals surface area (Å²) in [5, 5.41) is 0. The molecule has 1 atom stereocenters. The van der Waals surface area contributed by atoms with E-state index in [9.17, 15) is 4.79 Å². The van der Waals surface area contributed by atoms with Crippen LogP contribution < -0.4 is 5.73 Å². The van der Waals surface area contributed by atoms with Crippen molar-refractivity contribution in [2.45, 2.75) is 50.6 Å². The van der Waals surface area contributed by atoms with Gasteiger partial charge in [-0.1, -0.05) is 19.3 Å². The summed E-state index contributed by atoms with van der Waals surface area (Å²) in [6.07, 6.45) is 7.33. The zero-order valence-electron chi connectivity index (χ0n) is 10.9. The molecule has 2 fully saturated rings. The van der Waals surface area contributed by atoms with Crippen molar-refractivity contribution in [3.8, 4) is 0 Å². The van der Waals surface area contributed by atoms with Gasteiger partial charge in [-0.15, -0.1) is 0 Å². The monoisotopic (exact) mass is 239 g/mol. The Morgan fingerprint density at radius 3 is 2.59 bits per heavy atom. The van der Waals surface area contributed by atoms with Crippen LogP contribution in [0.5, 0.6) is 0 Å². The third-order valence-corrected chi connectivity index (χ3v) is 4.24. The Balaban J connectivity index is 2.04. The minimum Gasteiger partial charge on any atom is -0.343 e. The number of nitrogens with two attached hydrogens (primary N) is 1. The third-order valence-electron chi connectivity index (χ3n) is 4.24. The van der Waals surface area contributed by atoms with E-state index in [0.29, 0.717) is 12.6 Å². The summed E-state index contributed by atoms with van der Waals surface area (Å²) in [4.78, 5) is 16.5. The van der Waals surface area contributed by atoms with Crippen LogP contribution in [0.3, 0.4) is 0 Å². The van der Waals surface area contributed by atoms with Gasteiger partial charge in [0.15, 0.2) is 0 Å². The Kier molecular flexibility index (Phi) is 4.40. The first kappa shape index (κ1) is 12.8. The second-order valence-electron chi connectivity index (χ2n) is 5.38. The van der Waals surface area contributed by atoms with Crippen LogP contribution in [-0.2, 0) is 4.79 Å². The summed E-state index contributed by atoms with van der Waals surface area (Å²) in [5.74, 6) is 0.271. The molecule has 98 valence electrons. The molecule has 1 saturated heterocycles. The predicted molar refractivity (Wildman–Crippen MR) is 68.7 cm³/mol. The number of rotatable bonds is 3. The average molecular weight is 239 g/mol. The normalized spacial score (nSPS) is 28.7. The van der Waals surface area contributed by atoms with Gasteiger partial charge in [-0.2, -0.15) is 0 Å². The molecule has 0 aromatic heterocycles. The third kappa shape index (κ3) is 2.80. The van der Waals surface area contributed by atoms with Crippen molar-refractivity contribution in [1.29, 1.82) is 0 Å². The van der Waals surface area contributed by atoms with Gasteiger partial charge in [0.1, 0.15) is 0 Å². The Morgan fingerprint density at radius 2 is 1.94 bits per heavy atom. The molecule has 0 radical (unpaired) electrons. The fourth-order valence-electron chi connectivity index (χ4n) is 3.22. The highest BCUT2D eigenvalue weighted by Crippen LogP contribution is 2.27. The van der Waals surface area contributed by atoms with Crippen LogP contribution in [-0.4, -0.2) is 54.5 Å². The number of hydrogen-bond donors (Lipinski definition) is 1. The molecular formula is C13H25N3O. The molecule has 2 N–H and O–H groups in total. The van der Waals surface area contributed by atoms with E-state index >= 15 is 0 Å². The molecule has 17 heavy (non-hydrogen) atoms. The largest absolute Gasteiger partial charge is 0.343 e.